The largest absolute Gasteiger partial charge is 0.317 e. The highest BCUT2D eigenvalue weighted by Gasteiger charge is 2.22. The molecule has 3 heteroatoms. The predicted molar refractivity (Wildman–Crippen MR) is 96.3 cm³/mol. The Hall–Kier alpha value is -0.930. The van der Waals surface area contributed by atoms with E-state index in [0.717, 1.165) is 18.5 Å². The fourth-order valence-corrected chi connectivity index (χ4v) is 4.28. The molecule has 1 N–H and O–H groups in total. The van der Waals surface area contributed by atoms with Gasteiger partial charge in [-0.1, -0.05) is 38.2 Å². The Morgan fingerprint density at radius 1 is 1.00 bits per heavy atom. The van der Waals surface area contributed by atoms with Crippen molar-refractivity contribution in [2.45, 2.75) is 70.4 Å². The second kappa shape index (κ2) is 9.39. The van der Waals surface area contributed by atoms with Gasteiger partial charge in [0.2, 0.25) is 0 Å². The van der Waals surface area contributed by atoms with Crippen LogP contribution >= 0.6 is 0 Å². The lowest BCUT2D eigenvalue weighted by Crippen LogP contribution is -2.37. The molecule has 2 fully saturated rings. The van der Waals surface area contributed by atoms with Gasteiger partial charge in [-0.15, -0.1) is 0 Å². The molecule has 0 aromatic carbocycles. The van der Waals surface area contributed by atoms with Crippen molar-refractivity contribution in [3.8, 4) is 0 Å². The number of rotatable bonds is 6. The van der Waals surface area contributed by atoms with Crippen LogP contribution in [0.4, 0.5) is 0 Å². The molecule has 2 heterocycles. The quantitative estimate of drug-likeness (QED) is 0.860. The molecule has 1 aliphatic carbocycles. The Kier molecular flexibility index (Phi) is 6.90. The van der Waals surface area contributed by atoms with E-state index < -0.39 is 0 Å². The summed E-state index contributed by atoms with van der Waals surface area (Å²) in [4.78, 5) is 7.31. The van der Waals surface area contributed by atoms with Crippen LogP contribution in [0.25, 0.3) is 0 Å². The minimum Gasteiger partial charge on any atom is -0.317 e. The van der Waals surface area contributed by atoms with E-state index in [9.17, 15) is 0 Å². The van der Waals surface area contributed by atoms with Crippen LogP contribution in [0.2, 0.25) is 0 Å². The third-order valence-corrected chi connectivity index (χ3v) is 5.70. The summed E-state index contributed by atoms with van der Waals surface area (Å²) in [5, 5.41) is 3.56. The van der Waals surface area contributed by atoms with Gasteiger partial charge < -0.3 is 5.32 Å². The van der Waals surface area contributed by atoms with Gasteiger partial charge in [0.25, 0.3) is 0 Å². The summed E-state index contributed by atoms with van der Waals surface area (Å²) in [6.45, 7) is 4.65. The maximum Gasteiger partial charge on any atom is 0.0544 e. The highest BCUT2D eigenvalue weighted by Crippen LogP contribution is 2.27. The number of hydrogen-bond donors (Lipinski definition) is 1. The number of nitrogens with zero attached hydrogens (tertiary/aromatic N) is 2. The molecule has 0 bridgehead atoms. The van der Waals surface area contributed by atoms with E-state index >= 15 is 0 Å². The molecule has 1 saturated heterocycles. The van der Waals surface area contributed by atoms with Crippen LogP contribution in [0, 0.1) is 5.92 Å². The van der Waals surface area contributed by atoms with Crippen molar-refractivity contribution in [2.24, 2.45) is 5.92 Å². The van der Waals surface area contributed by atoms with E-state index in [2.05, 4.69) is 27.3 Å². The number of aromatic nitrogens is 1. The van der Waals surface area contributed by atoms with Gasteiger partial charge in [0.15, 0.2) is 0 Å². The van der Waals surface area contributed by atoms with E-state index in [0.29, 0.717) is 0 Å². The van der Waals surface area contributed by atoms with E-state index in [1.807, 2.05) is 12.3 Å². The predicted octanol–water partition coefficient (Wildman–Crippen LogP) is 4.00. The Labute approximate surface area is 141 Å². The molecule has 23 heavy (non-hydrogen) atoms. The summed E-state index contributed by atoms with van der Waals surface area (Å²) in [5.74, 6) is 0.971. The van der Waals surface area contributed by atoms with Crippen molar-refractivity contribution in [2.75, 3.05) is 19.6 Å². The van der Waals surface area contributed by atoms with Gasteiger partial charge >= 0.3 is 0 Å². The van der Waals surface area contributed by atoms with Crippen molar-refractivity contribution >= 4 is 0 Å². The molecule has 1 aromatic heterocycles. The molecular formula is C20H33N3. The van der Waals surface area contributed by atoms with Crippen LogP contribution in [0.3, 0.4) is 0 Å². The molecule has 1 aliphatic heterocycles. The first-order valence-corrected chi connectivity index (χ1v) is 9.76. The average Bonchev–Trinajstić information content (AvgIpc) is 2.90. The lowest BCUT2D eigenvalue weighted by atomic mass is 9.86. The summed E-state index contributed by atoms with van der Waals surface area (Å²) in [5.41, 5.74) is 1.23. The molecule has 3 nitrogen and oxygen atoms in total. The van der Waals surface area contributed by atoms with Gasteiger partial charge in [-0.25, -0.2) is 0 Å². The summed E-state index contributed by atoms with van der Waals surface area (Å²) >= 11 is 0. The lowest BCUT2D eigenvalue weighted by molar-refractivity contribution is 0.152. The van der Waals surface area contributed by atoms with E-state index in [4.69, 9.17) is 0 Å². The van der Waals surface area contributed by atoms with E-state index in [-0.39, 0.29) is 0 Å². The maximum absolute atomic E-state index is 4.57. The fourth-order valence-electron chi connectivity index (χ4n) is 4.28. The zero-order chi connectivity index (χ0) is 15.7. The van der Waals surface area contributed by atoms with Crippen molar-refractivity contribution < 1.29 is 0 Å². The van der Waals surface area contributed by atoms with Gasteiger partial charge in [0.1, 0.15) is 0 Å². The van der Waals surface area contributed by atoms with E-state index in [1.165, 1.54) is 83.1 Å². The first-order chi connectivity index (χ1) is 11.4. The van der Waals surface area contributed by atoms with Gasteiger partial charge in [-0.3, -0.25) is 9.88 Å². The maximum atomic E-state index is 4.57. The molecule has 1 aromatic rings. The average molecular weight is 316 g/mol. The fraction of sp³-hybridized carbons (Fsp3) is 0.750. The minimum atomic E-state index is 0.732. The highest BCUT2D eigenvalue weighted by molar-refractivity contribution is 5.03. The second-order valence-electron chi connectivity index (χ2n) is 7.42. The zero-order valence-electron chi connectivity index (χ0n) is 14.6. The topological polar surface area (TPSA) is 28.2 Å². The molecule has 3 rings (SSSR count). The Bertz CT molecular complexity index is 420. The first-order valence-electron chi connectivity index (χ1n) is 9.76. The van der Waals surface area contributed by atoms with Crippen molar-refractivity contribution in [3.63, 3.8) is 0 Å². The molecule has 0 spiro atoms. The van der Waals surface area contributed by atoms with Gasteiger partial charge in [-0.2, -0.15) is 0 Å². The third kappa shape index (κ3) is 5.58. The van der Waals surface area contributed by atoms with Crippen molar-refractivity contribution in [1.29, 1.82) is 0 Å². The summed E-state index contributed by atoms with van der Waals surface area (Å²) < 4.78 is 0. The molecule has 0 amide bonds. The smallest absolute Gasteiger partial charge is 0.0544 e. The number of hydrogen-bond acceptors (Lipinski definition) is 3. The molecule has 0 radical (unpaired) electrons. The Balaban J connectivity index is 1.59. The molecule has 1 saturated carbocycles. The summed E-state index contributed by atoms with van der Waals surface area (Å²) in [6.07, 6.45) is 14.6. The molecular weight excluding hydrogens is 282 g/mol. The third-order valence-electron chi connectivity index (χ3n) is 5.70. The van der Waals surface area contributed by atoms with Crippen LogP contribution in [-0.2, 0) is 6.54 Å². The van der Waals surface area contributed by atoms with Crippen molar-refractivity contribution in [3.05, 3.63) is 30.1 Å². The second-order valence-corrected chi connectivity index (χ2v) is 7.42. The Morgan fingerprint density at radius 3 is 2.74 bits per heavy atom. The molecule has 1 atom stereocenters. The first kappa shape index (κ1) is 16.9. The SMILES string of the molecule is c1ccc(CN(CCC2CCCCC2)C2CCCNCC2)nc1. The van der Waals surface area contributed by atoms with Crippen LogP contribution in [-0.4, -0.2) is 35.6 Å². The van der Waals surface area contributed by atoms with Gasteiger partial charge in [0, 0.05) is 18.8 Å². The normalized spacial score (nSPS) is 23.8. The van der Waals surface area contributed by atoms with Crippen LogP contribution in [0.15, 0.2) is 24.4 Å². The lowest BCUT2D eigenvalue weighted by Gasteiger charge is -2.33. The van der Waals surface area contributed by atoms with Crippen LogP contribution in [0.1, 0.15) is 63.5 Å². The Morgan fingerprint density at radius 2 is 1.91 bits per heavy atom. The van der Waals surface area contributed by atoms with Crippen LogP contribution in [0.5, 0.6) is 0 Å². The number of nitrogens with one attached hydrogen (secondary N) is 1. The molecule has 1 unspecified atom stereocenters. The van der Waals surface area contributed by atoms with E-state index in [1.54, 1.807) is 0 Å². The highest BCUT2D eigenvalue weighted by atomic mass is 15.2. The van der Waals surface area contributed by atoms with Gasteiger partial charge in [0.05, 0.1) is 5.69 Å². The monoisotopic (exact) mass is 315 g/mol. The number of pyridine rings is 1. The van der Waals surface area contributed by atoms with Crippen molar-refractivity contribution in [1.82, 2.24) is 15.2 Å². The molecule has 128 valence electrons. The summed E-state index contributed by atoms with van der Waals surface area (Å²) in [6, 6.07) is 7.06. The summed E-state index contributed by atoms with van der Waals surface area (Å²) in [7, 11) is 0. The van der Waals surface area contributed by atoms with Crippen LogP contribution < -0.4 is 5.32 Å². The zero-order valence-corrected chi connectivity index (χ0v) is 14.6. The minimum absolute atomic E-state index is 0.732. The van der Waals surface area contributed by atoms with Gasteiger partial charge in [-0.05, 0) is 63.4 Å². The standard InChI is InChI=1S/C20H33N3/c1-2-7-18(8-3-1)12-16-23(17-19-9-4-5-14-22-19)20-10-6-13-21-15-11-20/h4-5,9,14,18,20-21H,1-3,6-8,10-13,15-17H2. The molecule has 2 aliphatic rings.